The van der Waals surface area contributed by atoms with Gasteiger partial charge in [-0.2, -0.15) is 0 Å². The number of hydrogen-bond donors (Lipinski definition) is 1. The van der Waals surface area contributed by atoms with E-state index in [4.69, 9.17) is 0 Å². The SMILES string of the molecule is Cc1nc2cc(NS(=O)(=O)c3ccccc3Br)ccc2s1. The van der Waals surface area contributed by atoms with Crippen molar-refractivity contribution >= 4 is 53.2 Å². The largest absolute Gasteiger partial charge is 0.280 e. The maximum Gasteiger partial charge on any atom is 0.263 e. The maximum atomic E-state index is 12.4. The number of fused-ring (bicyclic) bond motifs is 1. The lowest BCUT2D eigenvalue weighted by Gasteiger charge is -2.09. The Morgan fingerprint density at radius 2 is 1.95 bits per heavy atom. The van der Waals surface area contributed by atoms with E-state index in [1.807, 2.05) is 13.0 Å². The van der Waals surface area contributed by atoms with Crippen LogP contribution in [-0.4, -0.2) is 13.4 Å². The summed E-state index contributed by atoms with van der Waals surface area (Å²) in [6, 6.07) is 12.1. The number of hydrogen-bond acceptors (Lipinski definition) is 4. The second kappa shape index (κ2) is 5.40. The number of benzene rings is 2. The summed E-state index contributed by atoms with van der Waals surface area (Å²) in [4.78, 5) is 4.58. The van der Waals surface area contributed by atoms with Gasteiger partial charge in [0.25, 0.3) is 10.0 Å². The molecule has 0 unspecified atom stereocenters. The quantitative estimate of drug-likeness (QED) is 0.739. The van der Waals surface area contributed by atoms with Crippen LogP contribution >= 0.6 is 27.3 Å². The number of halogens is 1. The van der Waals surface area contributed by atoms with Gasteiger partial charge in [-0.1, -0.05) is 12.1 Å². The number of sulfonamides is 1. The van der Waals surface area contributed by atoms with Gasteiger partial charge in [0, 0.05) is 4.47 Å². The highest BCUT2D eigenvalue weighted by molar-refractivity contribution is 9.10. The molecule has 0 amide bonds. The number of rotatable bonds is 3. The molecule has 1 N–H and O–H groups in total. The predicted molar refractivity (Wildman–Crippen MR) is 89.3 cm³/mol. The number of thiazole rings is 1. The van der Waals surface area contributed by atoms with E-state index in [1.54, 1.807) is 47.7 Å². The van der Waals surface area contributed by atoms with E-state index in [-0.39, 0.29) is 4.90 Å². The molecule has 3 rings (SSSR count). The summed E-state index contributed by atoms with van der Waals surface area (Å²) in [5.41, 5.74) is 1.30. The molecule has 0 saturated carbocycles. The van der Waals surface area contributed by atoms with Crippen LogP contribution in [0, 0.1) is 6.92 Å². The van der Waals surface area contributed by atoms with E-state index in [9.17, 15) is 8.42 Å². The Labute approximate surface area is 135 Å². The van der Waals surface area contributed by atoms with Crippen molar-refractivity contribution in [2.45, 2.75) is 11.8 Å². The smallest absolute Gasteiger partial charge is 0.263 e. The minimum Gasteiger partial charge on any atom is -0.280 e. The molecule has 0 saturated heterocycles. The van der Waals surface area contributed by atoms with E-state index in [1.165, 1.54) is 0 Å². The monoisotopic (exact) mass is 382 g/mol. The van der Waals surface area contributed by atoms with Crippen LogP contribution in [0.15, 0.2) is 51.8 Å². The van der Waals surface area contributed by atoms with Gasteiger partial charge in [0.15, 0.2) is 0 Å². The summed E-state index contributed by atoms with van der Waals surface area (Å²) in [6.07, 6.45) is 0. The maximum absolute atomic E-state index is 12.4. The number of nitrogens with zero attached hydrogens (tertiary/aromatic N) is 1. The first kappa shape index (κ1) is 14.5. The molecule has 0 aliphatic rings. The second-order valence-corrected chi connectivity index (χ2v) is 8.19. The minimum absolute atomic E-state index is 0.208. The van der Waals surface area contributed by atoms with Crippen LogP contribution in [0.4, 0.5) is 5.69 Å². The van der Waals surface area contributed by atoms with Crippen LogP contribution in [0.1, 0.15) is 5.01 Å². The molecule has 0 aliphatic heterocycles. The van der Waals surface area contributed by atoms with Gasteiger partial charge in [0.1, 0.15) is 4.90 Å². The van der Waals surface area contributed by atoms with Crippen LogP contribution in [0.25, 0.3) is 10.2 Å². The molecule has 0 bridgehead atoms. The minimum atomic E-state index is -3.63. The van der Waals surface area contributed by atoms with Gasteiger partial charge >= 0.3 is 0 Å². The fourth-order valence-corrected chi connectivity index (χ4v) is 4.84. The molecule has 108 valence electrons. The molecular weight excluding hydrogens is 372 g/mol. The van der Waals surface area contributed by atoms with Crippen molar-refractivity contribution < 1.29 is 8.42 Å². The van der Waals surface area contributed by atoms with Crippen LogP contribution < -0.4 is 4.72 Å². The summed E-state index contributed by atoms with van der Waals surface area (Å²) < 4.78 is 29.0. The number of nitrogens with one attached hydrogen (secondary N) is 1. The van der Waals surface area contributed by atoms with Crippen molar-refractivity contribution in [2.24, 2.45) is 0 Å². The standard InChI is InChI=1S/C14H11BrN2O2S2/c1-9-16-12-8-10(6-7-13(12)20-9)17-21(18,19)14-5-3-2-4-11(14)15/h2-8,17H,1H3. The summed E-state index contributed by atoms with van der Waals surface area (Å²) >= 11 is 4.84. The average Bonchev–Trinajstić information content (AvgIpc) is 2.78. The topological polar surface area (TPSA) is 59.1 Å². The molecule has 0 aliphatic carbocycles. The Kier molecular flexibility index (Phi) is 3.73. The van der Waals surface area contributed by atoms with Gasteiger partial charge in [-0.15, -0.1) is 11.3 Å². The van der Waals surface area contributed by atoms with Gasteiger partial charge in [-0.3, -0.25) is 4.72 Å². The van der Waals surface area contributed by atoms with Crippen molar-refractivity contribution in [3.05, 3.63) is 51.9 Å². The molecule has 0 fully saturated rings. The molecule has 1 heterocycles. The third-order valence-electron chi connectivity index (χ3n) is 2.87. The first-order valence-electron chi connectivity index (χ1n) is 6.10. The van der Waals surface area contributed by atoms with Gasteiger partial charge in [0.2, 0.25) is 0 Å². The molecule has 21 heavy (non-hydrogen) atoms. The Hall–Kier alpha value is -1.44. The van der Waals surface area contributed by atoms with Crippen molar-refractivity contribution in [1.29, 1.82) is 0 Å². The Morgan fingerprint density at radius 1 is 1.19 bits per heavy atom. The third-order valence-corrected chi connectivity index (χ3v) is 6.22. The van der Waals surface area contributed by atoms with Crippen molar-refractivity contribution in [3.8, 4) is 0 Å². The van der Waals surface area contributed by atoms with Crippen LogP contribution in [0.5, 0.6) is 0 Å². The van der Waals surface area contributed by atoms with Crippen LogP contribution in [-0.2, 0) is 10.0 Å². The van der Waals surface area contributed by atoms with Gasteiger partial charge < -0.3 is 0 Å². The Morgan fingerprint density at radius 3 is 2.71 bits per heavy atom. The molecular formula is C14H11BrN2O2S2. The average molecular weight is 383 g/mol. The van der Waals surface area contributed by atoms with Crippen LogP contribution in [0.2, 0.25) is 0 Å². The number of anilines is 1. The third kappa shape index (κ3) is 2.95. The zero-order valence-electron chi connectivity index (χ0n) is 11.0. The molecule has 7 heteroatoms. The predicted octanol–water partition coefficient (Wildman–Crippen LogP) is 4.17. The zero-order valence-corrected chi connectivity index (χ0v) is 14.2. The summed E-state index contributed by atoms with van der Waals surface area (Å²) in [6.45, 7) is 1.93. The molecule has 4 nitrogen and oxygen atoms in total. The highest BCUT2D eigenvalue weighted by Crippen LogP contribution is 2.27. The lowest BCUT2D eigenvalue weighted by molar-refractivity contribution is 0.601. The van der Waals surface area contributed by atoms with E-state index in [0.29, 0.717) is 10.2 Å². The summed E-state index contributed by atoms with van der Waals surface area (Å²) in [5, 5.41) is 0.954. The molecule has 1 aromatic heterocycles. The van der Waals surface area contributed by atoms with Crippen LogP contribution in [0.3, 0.4) is 0 Å². The lowest BCUT2D eigenvalue weighted by Crippen LogP contribution is -2.13. The molecule has 0 radical (unpaired) electrons. The molecule has 0 spiro atoms. The van der Waals surface area contributed by atoms with Gasteiger partial charge in [0.05, 0.1) is 20.9 Å². The lowest BCUT2D eigenvalue weighted by atomic mass is 10.3. The summed E-state index contributed by atoms with van der Waals surface area (Å²) in [5.74, 6) is 0. The van der Waals surface area contributed by atoms with Crippen molar-refractivity contribution in [1.82, 2.24) is 4.98 Å². The Bertz CT molecular complexity index is 920. The molecule has 3 aromatic rings. The van der Waals surface area contributed by atoms with E-state index in [0.717, 1.165) is 15.2 Å². The molecule has 2 aromatic carbocycles. The van der Waals surface area contributed by atoms with E-state index >= 15 is 0 Å². The Balaban J connectivity index is 1.99. The number of aryl methyl sites for hydroxylation is 1. The van der Waals surface area contributed by atoms with Gasteiger partial charge in [-0.25, -0.2) is 13.4 Å². The fraction of sp³-hybridized carbons (Fsp3) is 0.0714. The fourth-order valence-electron chi connectivity index (χ4n) is 1.98. The van der Waals surface area contributed by atoms with E-state index in [2.05, 4.69) is 25.6 Å². The first-order chi connectivity index (χ1) is 9.95. The summed E-state index contributed by atoms with van der Waals surface area (Å²) in [7, 11) is -3.63. The van der Waals surface area contributed by atoms with Crippen molar-refractivity contribution in [2.75, 3.05) is 4.72 Å². The normalized spacial score (nSPS) is 11.7. The highest BCUT2D eigenvalue weighted by Gasteiger charge is 2.17. The second-order valence-electron chi connectivity index (χ2n) is 4.45. The zero-order chi connectivity index (χ0) is 15.0. The molecule has 0 atom stereocenters. The van der Waals surface area contributed by atoms with E-state index < -0.39 is 10.0 Å². The van der Waals surface area contributed by atoms with Gasteiger partial charge in [-0.05, 0) is 53.2 Å². The first-order valence-corrected chi connectivity index (χ1v) is 9.19. The highest BCUT2D eigenvalue weighted by atomic mass is 79.9. The van der Waals surface area contributed by atoms with Crippen molar-refractivity contribution in [3.63, 3.8) is 0 Å². The number of aromatic nitrogens is 1.